The van der Waals surface area contributed by atoms with Gasteiger partial charge in [0.05, 0.1) is 10.9 Å². The number of nitrogens with one attached hydrogen (secondary N) is 1. The molecule has 2 unspecified atom stereocenters. The van der Waals surface area contributed by atoms with Crippen LogP contribution in [0.25, 0.3) is 0 Å². The molecule has 1 aliphatic rings. The second-order valence-electron chi connectivity index (χ2n) is 6.98. The summed E-state index contributed by atoms with van der Waals surface area (Å²) in [5, 5.41) is 6.14. The van der Waals surface area contributed by atoms with Gasteiger partial charge in [0.15, 0.2) is 0 Å². The van der Waals surface area contributed by atoms with Gasteiger partial charge in [0.2, 0.25) is 0 Å². The Labute approximate surface area is 142 Å². The van der Waals surface area contributed by atoms with Crippen LogP contribution < -0.4 is 5.32 Å². The molecule has 21 heavy (non-hydrogen) atoms. The molecule has 0 aromatic carbocycles. The topological polar surface area (TPSA) is 24.9 Å². The lowest BCUT2D eigenvalue weighted by atomic mass is 9.91. The quantitative estimate of drug-likeness (QED) is 0.844. The van der Waals surface area contributed by atoms with Crippen molar-refractivity contribution in [3.63, 3.8) is 0 Å². The average molecular weight is 345 g/mol. The lowest BCUT2D eigenvalue weighted by molar-refractivity contribution is 0.544. The molecule has 2 rings (SSSR count). The van der Waals surface area contributed by atoms with Crippen LogP contribution in [0.2, 0.25) is 0 Å². The zero-order chi connectivity index (χ0) is 15.6. The van der Waals surface area contributed by atoms with E-state index in [0.717, 1.165) is 6.54 Å². The van der Waals surface area contributed by atoms with Crippen molar-refractivity contribution in [2.75, 3.05) is 11.5 Å². The molecule has 0 aliphatic carbocycles. The van der Waals surface area contributed by atoms with Crippen molar-refractivity contribution >= 4 is 34.9 Å². The van der Waals surface area contributed by atoms with Gasteiger partial charge in [-0.2, -0.15) is 11.8 Å². The Hall–Kier alpha value is 0.290. The van der Waals surface area contributed by atoms with E-state index in [0.29, 0.717) is 16.5 Å². The summed E-state index contributed by atoms with van der Waals surface area (Å²) in [7, 11) is 0. The van der Waals surface area contributed by atoms with E-state index in [9.17, 15) is 0 Å². The van der Waals surface area contributed by atoms with Gasteiger partial charge < -0.3 is 5.32 Å². The van der Waals surface area contributed by atoms with Crippen LogP contribution in [-0.2, 0) is 12.0 Å². The molecular formula is C16H28N2S3. The van der Waals surface area contributed by atoms with E-state index in [1.165, 1.54) is 27.1 Å². The minimum Gasteiger partial charge on any atom is -0.310 e. The number of aromatic nitrogens is 1. The number of thioether (sulfide) groups is 2. The smallest absolute Gasteiger partial charge is 0.107 e. The number of hydrogen-bond donors (Lipinski definition) is 1. The molecule has 5 heteroatoms. The maximum atomic E-state index is 5.08. The molecule has 0 bridgehead atoms. The fraction of sp³-hybridized carbons (Fsp3) is 0.812. The van der Waals surface area contributed by atoms with E-state index < -0.39 is 0 Å². The van der Waals surface area contributed by atoms with Crippen LogP contribution >= 0.6 is 34.9 Å². The standard InChI is InChI=1S/C16H28N2S3/c1-10(2)17-9-12-14(16(4,5)6)18-15(21-12)13-11(3)19-7-8-20-13/h10-11,13,17H,7-9H2,1-6H3. The van der Waals surface area contributed by atoms with Crippen LogP contribution in [0.1, 0.15) is 62.4 Å². The molecule has 1 N–H and O–H groups in total. The minimum atomic E-state index is 0.123. The Morgan fingerprint density at radius 3 is 2.48 bits per heavy atom. The third-order valence-electron chi connectivity index (χ3n) is 3.53. The van der Waals surface area contributed by atoms with E-state index >= 15 is 0 Å². The molecule has 0 radical (unpaired) electrons. The second kappa shape index (κ2) is 7.24. The summed E-state index contributed by atoms with van der Waals surface area (Å²) in [6.07, 6.45) is 0. The molecule has 2 atom stereocenters. The largest absolute Gasteiger partial charge is 0.310 e. The first kappa shape index (κ1) is 17.6. The zero-order valence-electron chi connectivity index (χ0n) is 14.0. The molecule has 1 aromatic rings. The highest BCUT2D eigenvalue weighted by atomic mass is 32.2. The van der Waals surface area contributed by atoms with Crippen LogP contribution in [0.15, 0.2) is 0 Å². The van der Waals surface area contributed by atoms with Crippen LogP contribution in [-0.4, -0.2) is 27.8 Å². The van der Waals surface area contributed by atoms with Crippen molar-refractivity contribution in [2.24, 2.45) is 0 Å². The summed E-state index contributed by atoms with van der Waals surface area (Å²) in [5.41, 5.74) is 1.41. The molecular weight excluding hydrogens is 316 g/mol. The highest BCUT2D eigenvalue weighted by Crippen LogP contribution is 2.45. The molecule has 2 nitrogen and oxygen atoms in total. The second-order valence-corrected chi connectivity index (χ2v) is 10.8. The van der Waals surface area contributed by atoms with E-state index in [1.54, 1.807) is 0 Å². The maximum absolute atomic E-state index is 5.08. The first-order chi connectivity index (χ1) is 9.79. The monoisotopic (exact) mass is 344 g/mol. The lowest BCUT2D eigenvalue weighted by Gasteiger charge is -2.26. The van der Waals surface area contributed by atoms with Gasteiger partial charge in [0, 0.05) is 39.6 Å². The van der Waals surface area contributed by atoms with Gasteiger partial charge in [-0.3, -0.25) is 0 Å². The van der Waals surface area contributed by atoms with E-state index in [2.05, 4.69) is 70.4 Å². The summed E-state index contributed by atoms with van der Waals surface area (Å²) in [4.78, 5) is 6.50. The fourth-order valence-corrected chi connectivity index (χ4v) is 6.78. The Morgan fingerprint density at radius 1 is 1.24 bits per heavy atom. The SMILES string of the molecule is CC(C)NCc1sc(C2SCCSC2C)nc1C(C)(C)C. The van der Waals surface area contributed by atoms with E-state index in [1.807, 2.05) is 11.3 Å². The van der Waals surface area contributed by atoms with Crippen molar-refractivity contribution in [1.29, 1.82) is 0 Å². The number of hydrogen-bond acceptors (Lipinski definition) is 5. The molecule has 1 fully saturated rings. The predicted molar refractivity (Wildman–Crippen MR) is 99.9 cm³/mol. The third-order valence-corrected chi connectivity index (χ3v) is 7.91. The van der Waals surface area contributed by atoms with Gasteiger partial charge in [0.25, 0.3) is 0 Å². The normalized spacial score (nSPS) is 23.8. The van der Waals surface area contributed by atoms with Crippen molar-refractivity contribution in [2.45, 2.75) is 70.0 Å². The maximum Gasteiger partial charge on any atom is 0.107 e. The summed E-state index contributed by atoms with van der Waals surface area (Å²) in [6, 6.07) is 0.516. The Bertz CT molecular complexity index is 463. The van der Waals surface area contributed by atoms with Gasteiger partial charge in [0.1, 0.15) is 5.01 Å². The van der Waals surface area contributed by atoms with Crippen LogP contribution in [0, 0.1) is 0 Å². The third kappa shape index (κ3) is 4.63. The average Bonchev–Trinajstić information content (AvgIpc) is 2.81. The molecule has 1 saturated heterocycles. The number of nitrogens with zero attached hydrogens (tertiary/aromatic N) is 1. The van der Waals surface area contributed by atoms with Gasteiger partial charge in [-0.25, -0.2) is 4.98 Å². The molecule has 120 valence electrons. The Morgan fingerprint density at radius 2 is 1.90 bits per heavy atom. The molecule has 0 saturated carbocycles. The Kier molecular flexibility index (Phi) is 6.08. The molecule has 0 spiro atoms. The zero-order valence-corrected chi connectivity index (χ0v) is 16.5. The predicted octanol–water partition coefficient (Wildman–Crippen LogP) is 4.85. The minimum absolute atomic E-state index is 0.123. The van der Waals surface area contributed by atoms with Gasteiger partial charge in [-0.15, -0.1) is 23.1 Å². The fourth-order valence-electron chi connectivity index (χ4n) is 2.40. The van der Waals surface area contributed by atoms with Crippen molar-refractivity contribution in [1.82, 2.24) is 10.3 Å². The van der Waals surface area contributed by atoms with Gasteiger partial charge in [-0.1, -0.05) is 41.5 Å². The molecule has 1 aliphatic heterocycles. The first-order valence-corrected chi connectivity index (χ1v) is 10.7. The number of rotatable bonds is 4. The van der Waals surface area contributed by atoms with Crippen LogP contribution in [0.3, 0.4) is 0 Å². The van der Waals surface area contributed by atoms with E-state index in [-0.39, 0.29) is 5.41 Å². The van der Waals surface area contributed by atoms with Crippen molar-refractivity contribution in [3.05, 3.63) is 15.6 Å². The first-order valence-electron chi connectivity index (χ1n) is 7.75. The molecule has 2 heterocycles. The summed E-state index contributed by atoms with van der Waals surface area (Å²) >= 11 is 6.11. The lowest BCUT2D eigenvalue weighted by Crippen LogP contribution is -2.24. The van der Waals surface area contributed by atoms with Crippen molar-refractivity contribution < 1.29 is 0 Å². The van der Waals surface area contributed by atoms with Gasteiger partial charge >= 0.3 is 0 Å². The van der Waals surface area contributed by atoms with Crippen LogP contribution in [0.4, 0.5) is 0 Å². The Balaban J connectivity index is 2.26. The highest BCUT2D eigenvalue weighted by Gasteiger charge is 2.30. The highest BCUT2D eigenvalue weighted by molar-refractivity contribution is 8.06. The summed E-state index contributed by atoms with van der Waals surface area (Å²) in [6.45, 7) is 14.5. The molecule has 0 amide bonds. The van der Waals surface area contributed by atoms with Crippen LogP contribution in [0.5, 0.6) is 0 Å². The number of thiazole rings is 1. The molecule has 1 aromatic heterocycles. The van der Waals surface area contributed by atoms with Crippen molar-refractivity contribution in [3.8, 4) is 0 Å². The van der Waals surface area contributed by atoms with E-state index in [4.69, 9.17) is 4.98 Å². The summed E-state index contributed by atoms with van der Waals surface area (Å²) in [5.74, 6) is 2.53. The summed E-state index contributed by atoms with van der Waals surface area (Å²) < 4.78 is 0. The van der Waals surface area contributed by atoms with Gasteiger partial charge in [-0.05, 0) is 0 Å².